The number of rotatable bonds is 6. The summed E-state index contributed by atoms with van der Waals surface area (Å²) in [4.78, 5) is 23.2. The number of carbonyl (C=O) groups is 2. The van der Waals surface area contributed by atoms with Crippen LogP contribution in [0.25, 0.3) is 0 Å². The van der Waals surface area contributed by atoms with Crippen molar-refractivity contribution in [3.05, 3.63) is 18.2 Å². The number of hydrogen-bond acceptors (Lipinski definition) is 4. The summed E-state index contributed by atoms with van der Waals surface area (Å²) in [6.45, 7) is 2.76. The number of benzene rings is 1. The molecule has 0 aromatic heterocycles. The minimum Gasteiger partial charge on any atom is -0.482 e. The van der Waals surface area contributed by atoms with Crippen molar-refractivity contribution in [1.29, 1.82) is 0 Å². The van der Waals surface area contributed by atoms with Crippen molar-refractivity contribution >= 4 is 23.2 Å². The quantitative estimate of drug-likeness (QED) is 0.744. The van der Waals surface area contributed by atoms with E-state index in [-0.39, 0.29) is 18.4 Å². The minimum atomic E-state index is -0.193. The second kappa shape index (κ2) is 7.08. The maximum Gasteiger partial charge on any atom is 0.262 e. The molecule has 4 N–H and O–H groups in total. The lowest BCUT2D eigenvalue weighted by Gasteiger charge is -2.18. The summed E-state index contributed by atoms with van der Waals surface area (Å²) in [5.41, 5.74) is 6.72. The summed E-state index contributed by atoms with van der Waals surface area (Å²) in [6.07, 6.45) is 2.20. The molecule has 1 aliphatic rings. The van der Waals surface area contributed by atoms with Gasteiger partial charge in [-0.1, -0.05) is 6.92 Å². The van der Waals surface area contributed by atoms with Crippen LogP contribution in [0, 0.1) is 5.92 Å². The maximum absolute atomic E-state index is 11.9. The zero-order valence-corrected chi connectivity index (χ0v) is 12.1. The van der Waals surface area contributed by atoms with Gasteiger partial charge in [0, 0.05) is 12.1 Å². The normalized spacial score (nSPS) is 14.7. The van der Waals surface area contributed by atoms with Crippen LogP contribution >= 0.6 is 0 Å². The summed E-state index contributed by atoms with van der Waals surface area (Å²) in [5, 5.41) is 5.54. The van der Waals surface area contributed by atoms with Gasteiger partial charge in [-0.15, -0.1) is 0 Å². The van der Waals surface area contributed by atoms with Crippen LogP contribution in [0.2, 0.25) is 0 Å². The molecule has 1 unspecified atom stereocenters. The zero-order valence-electron chi connectivity index (χ0n) is 12.1. The van der Waals surface area contributed by atoms with Crippen molar-refractivity contribution in [2.75, 3.05) is 23.8 Å². The van der Waals surface area contributed by atoms with Gasteiger partial charge >= 0.3 is 0 Å². The molecule has 0 spiro atoms. The molecule has 0 saturated carbocycles. The molecule has 114 valence electrons. The Bertz CT molecular complexity index is 531. The Hall–Kier alpha value is -2.08. The van der Waals surface area contributed by atoms with Gasteiger partial charge in [0.1, 0.15) is 5.75 Å². The molecule has 1 aliphatic heterocycles. The average molecular weight is 291 g/mol. The first kappa shape index (κ1) is 15.3. The SMILES string of the molecule is CC(CCN)CCC(=O)Nc1ccc2c(c1)NC(=O)CO2. The summed E-state index contributed by atoms with van der Waals surface area (Å²) in [7, 11) is 0. The van der Waals surface area contributed by atoms with E-state index in [0.29, 0.717) is 36.0 Å². The highest BCUT2D eigenvalue weighted by Gasteiger charge is 2.16. The van der Waals surface area contributed by atoms with Gasteiger partial charge in [0.15, 0.2) is 6.61 Å². The number of nitrogens with one attached hydrogen (secondary N) is 2. The van der Waals surface area contributed by atoms with Crippen molar-refractivity contribution in [3.63, 3.8) is 0 Å². The first-order chi connectivity index (χ1) is 10.1. The molecule has 0 fully saturated rings. The lowest BCUT2D eigenvalue weighted by atomic mass is 10.0. The lowest BCUT2D eigenvalue weighted by Crippen LogP contribution is -2.25. The van der Waals surface area contributed by atoms with Crippen molar-refractivity contribution in [3.8, 4) is 5.75 Å². The van der Waals surface area contributed by atoms with E-state index in [4.69, 9.17) is 10.5 Å². The molecule has 6 heteroatoms. The van der Waals surface area contributed by atoms with E-state index in [1.54, 1.807) is 18.2 Å². The molecule has 0 aliphatic carbocycles. The fraction of sp³-hybridized carbons (Fsp3) is 0.467. The predicted molar refractivity (Wildman–Crippen MR) is 81.3 cm³/mol. The van der Waals surface area contributed by atoms with Crippen molar-refractivity contribution < 1.29 is 14.3 Å². The van der Waals surface area contributed by atoms with E-state index in [1.807, 2.05) is 0 Å². The van der Waals surface area contributed by atoms with Gasteiger partial charge in [-0.25, -0.2) is 0 Å². The molecule has 21 heavy (non-hydrogen) atoms. The Morgan fingerprint density at radius 1 is 1.48 bits per heavy atom. The highest BCUT2D eigenvalue weighted by atomic mass is 16.5. The summed E-state index contributed by atoms with van der Waals surface area (Å²) < 4.78 is 5.26. The van der Waals surface area contributed by atoms with Gasteiger partial charge < -0.3 is 21.1 Å². The zero-order chi connectivity index (χ0) is 15.2. The number of amides is 2. The third kappa shape index (κ3) is 4.46. The van der Waals surface area contributed by atoms with E-state index in [2.05, 4.69) is 17.6 Å². The van der Waals surface area contributed by atoms with E-state index in [0.717, 1.165) is 12.8 Å². The summed E-state index contributed by atoms with van der Waals surface area (Å²) in [5.74, 6) is 0.824. The van der Waals surface area contributed by atoms with Gasteiger partial charge in [0.25, 0.3) is 5.91 Å². The molecule has 2 amide bonds. The number of fused-ring (bicyclic) bond motifs is 1. The second-order valence-electron chi connectivity index (χ2n) is 5.32. The fourth-order valence-corrected chi connectivity index (χ4v) is 2.19. The van der Waals surface area contributed by atoms with Gasteiger partial charge in [-0.3, -0.25) is 9.59 Å². The Morgan fingerprint density at radius 2 is 2.29 bits per heavy atom. The van der Waals surface area contributed by atoms with Crippen LogP contribution < -0.4 is 21.1 Å². The average Bonchev–Trinajstić information content (AvgIpc) is 2.45. The molecule has 6 nitrogen and oxygen atoms in total. The standard InChI is InChI=1S/C15H21N3O3/c1-10(6-7-16)2-5-14(19)17-11-3-4-13-12(8-11)18-15(20)9-21-13/h3-4,8,10H,2,5-7,9,16H2,1H3,(H,17,19)(H,18,20). The molecular formula is C15H21N3O3. The highest BCUT2D eigenvalue weighted by Crippen LogP contribution is 2.30. The molecule has 2 rings (SSSR count). The number of ether oxygens (including phenoxy) is 1. The smallest absolute Gasteiger partial charge is 0.262 e. The predicted octanol–water partition coefficient (Wildman–Crippen LogP) is 1.72. The largest absolute Gasteiger partial charge is 0.482 e. The second-order valence-corrected chi connectivity index (χ2v) is 5.32. The van der Waals surface area contributed by atoms with Crippen LogP contribution in [0.15, 0.2) is 18.2 Å². The van der Waals surface area contributed by atoms with Gasteiger partial charge in [-0.05, 0) is 43.5 Å². The maximum atomic E-state index is 11.9. The van der Waals surface area contributed by atoms with Gasteiger partial charge in [0.05, 0.1) is 5.69 Å². The van der Waals surface area contributed by atoms with E-state index >= 15 is 0 Å². The monoisotopic (exact) mass is 291 g/mol. The Morgan fingerprint density at radius 3 is 3.05 bits per heavy atom. The van der Waals surface area contributed by atoms with E-state index in [9.17, 15) is 9.59 Å². The minimum absolute atomic E-state index is 0.0255. The van der Waals surface area contributed by atoms with Crippen molar-refractivity contribution in [2.45, 2.75) is 26.2 Å². The van der Waals surface area contributed by atoms with Crippen LogP contribution in [-0.4, -0.2) is 25.0 Å². The topological polar surface area (TPSA) is 93.5 Å². The van der Waals surface area contributed by atoms with E-state index in [1.165, 1.54) is 0 Å². The van der Waals surface area contributed by atoms with E-state index < -0.39 is 0 Å². The molecule has 1 atom stereocenters. The summed E-state index contributed by atoms with van der Waals surface area (Å²) >= 11 is 0. The number of carbonyl (C=O) groups excluding carboxylic acids is 2. The first-order valence-corrected chi connectivity index (χ1v) is 7.15. The van der Waals surface area contributed by atoms with Crippen molar-refractivity contribution in [2.24, 2.45) is 11.7 Å². The number of hydrogen-bond donors (Lipinski definition) is 3. The molecule has 1 aromatic rings. The summed E-state index contributed by atoms with van der Waals surface area (Å²) in [6, 6.07) is 5.20. The molecule has 0 saturated heterocycles. The number of anilines is 2. The van der Waals surface area contributed by atoms with Crippen LogP contribution in [-0.2, 0) is 9.59 Å². The first-order valence-electron chi connectivity index (χ1n) is 7.15. The third-order valence-corrected chi connectivity index (χ3v) is 3.42. The highest BCUT2D eigenvalue weighted by molar-refractivity contribution is 5.97. The van der Waals surface area contributed by atoms with Gasteiger partial charge in [-0.2, -0.15) is 0 Å². The Labute approximate surface area is 124 Å². The lowest BCUT2D eigenvalue weighted by molar-refractivity contribution is -0.118. The van der Waals surface area contributed by atoms with Crippen LogP contribution in [0.5, 0.6) is 5.75 Å². The molecular weight excluding hydrogens is 270 g/mol. The van der Waals surface area contributed by atoms with Crippen molar-refractivity contribution in [1.82, 2.24) is 0 Å². The third-order valence-electron chi connectivity index (χ3n) is 3.42. The molecule has 1 aromatic carbocycles. The molecule has 0 radical (unpaired) electrons. The Kier molecular flexibility index (Phi) is 5.16. The van der Waals surface area contributed by atoms with Crippen LogP contribution in [0.3, 0.4) is 0 Å². The van der Waals surface area contributed by atoms with Crippen LogP contribution in [0.1, 0.15) is 26.2 Å². The molecule has 0 bridgehead atoms. The van der Waals surface area contributed by atoms with Gasteiger partial charge in [0.2, 0.25) is 5.91 Å². The fourth-order valence-electron chi connectivity index (χ4n) is 2.19. The van der Waals surface area contributed by atoms with Crippen LogP contribution in [0.4, 0.5) is 11.4 Å². The number of nitrogens with two attached hydrogens (primary N) is 1. The Balaban J connectivity index is 1.89. The molecule has 1 heterocycles.